The van der Waals surface area contributed by atoms with Crippen LogP contribution in [-0.4, -0.2) is 27.5 Å². The second kappa shape index (κ2) is 4.28. The van der Waals surface area contributed by atoms with Gasteiger partial charge >= 0.3 is 0 Å². The third-order valence-corrected chi connectivity index (χ3v) is 1.44. The Morgan fingerprint density at radius 3 is 3.09 bits per heavy atom. The molecule has 0 spiro atoms. The van der Waals surface area contributed by atoms with Gasteiger partial charge in [0, 0.05) is 18.5 Å². The molecular formula is C6H9ClFN3. The Hall–Kier alpha value is -0.640. The maximum Gasteiger partial charge on any atom is 0.109 e. The summed E-state index contributed by atoms with van der Waals surface area (Å²) >= 11 is 5.47. The van der Waals surface area contributed by atoms with E-state index in [1.807, 2.05) is 0 Å². The van der Waals surface area contributed by atoms with Gasteiger partial charge in [-0.15, -0.1) is 16.7 Å². The Balaban J connectivity index is 2.51. The first-order valence-electron chi connectivity index (χ1n) is 3.37. The maximum absolute atomic E-state index is 11.8. The van der Waals surface area contributed by atoms with Crippen LogP contribution in [-0.2, 0) is 13.0 Å². The lowest BCUT2D eigenvalue weighted by atomic mass is 10.4. The second-order valence-corrected chi connectivity index (χ2v) is 2.48. The number of aryl methyl sites for hydroxylation is 2. The predicted octanol–water partition coefficient (Wildman–Crippen LogP) is 1.03. The summed E-state index contributed by atoms with van der Waals surface area (Å²) in [5.41, 5.74) is 0.813. The summed E-state index contributed by atoms with van der Waals surface area (Å²) in [5, 5.41) is 7.48. The summed E-state index contributed by atoms with van der Waals surface area (Å²) in [7, 11) is 0. The van der Waals surface area contributed by atoms with Gasteiger partial charge in [0.25, 0.3) is 0 Å². The summed E-state index contributed by atoms with van der Waals surface area (Å²) < 4.78 is 13.2. The smallest absolute Gasteiger partial charge is 0.109 e. The minimum atomic E-state index is -0.413. The van der Waals surface area contributed by atoms with Crippen LogP contribution in [0.25, 0.3) is 0 Å². The average molecular weight is 178 g/mol. The van der Waals surface area contributed by atoms with E-state index in [0.29, 0.717) is 12.3 Å². The van der Waals surface area contributed by atoms with Crippen molar-refractivity contribution in [2.45, 2.75) is 13.0 Å². The van der Waals surface area contributed by atoms with Crippen LogP contribution in [0.2, 0.25) is 0 Å². The highest BCUT2D eigenvalue weighted by molar-refractivity contribution is 6.17. The third-order valence-electron chi connectivity index (χ3n) is 1.25. The normalized spacial score (nSPS) is 10.4. The molecule has 0 saturated heterocycles. The molecule has 5 heteroatoms. The van der Waals surface area contributed by atoms with Crippen LogP contribution in [0.4, 0.5) is 4.39 Å². The van der Waals surface area contributed by atoms with Crippen LogP contribution < -0.4 is 0 Å². The van der Waals surface area contributed by atoms with Crippen LogP contribution in [0.5, 0.6) is 0 Å². The number of aromatic nitrogens is 3. The Morgan fingerprint density at radius 2 is 2.45 bits per heavy atom. The van der Waals surface area contributed by atoms with Gasteiger partial charge in [0.15, 0.2) is 0 Å². The molecule has 0 amide bonds. The average Bonchev–Trinajstić information content (AvgIpc) is 2.38. The van der Waals surface area contributed by atoms with Crippen LogP contribution >= 0.6 is 11.6 Å². The van der Waals surface area contributed by atoms with Gasteiger partial charge in [-0.1, -0.05) is 5.21 Å². The van der Waals surface area contributed by atoms with E-state index >= 15 is 0 Å². The fraction of sp³-hybridized carbons (Fsp3) is 0.667. The molecule has 0 bridgehead atoms. The molecule has 62 valence electrons. The van der Waals surface area contributed by atoms with E-state index in [0.717, 1.165) is 5.69 Å². The standard InChI is InChI=1S/C6H9ClFN3/c7-2-1-6-5-11(4-3-8)10-9-6/h5H,1-4H2. The lowest BCUT2D eigenvalue weighted by Gasteiger charge is -1.90. The summed E-state index contributed by atoms with van der Waals surface area (Å²) in [6, 6.07) is 0. The highest BCUT2D eigenvalue weighted by Crippen LogP contribution is 1.95. The predicted molar refractivity (Wildman–Crippen MR) is 40.4 cm³/mol. The third kappa shape index (κ3) is 2.46. The van der Waals surface area contributed by atoms with Crippen LogP contribution in [0, 0.1) is 0 Å². The minimum absolute atomic E-state index is 0.273. The summed E-state index contributed by atoms with van der Waals surface area (Å²) in [5.74, 6) is 0.522. The molecule has 0 aromatic carbocycles. The van der Waals surface area contributed by atoms with E-state index in [2.05, 4.69) is 10.3 Å². The summed E-state index contributed by atoms with van der Waals surface area (Å²) in [6.45, 7) is -0.140. The molecule has 0 N–H and O–H groups in total. The van der Waals surface area contributed by atoms with Gasteiger partial charge in [-0.3, -0.25) is 0 Å². The van der Waals surface area contributed by atoms with Crippen LogP contribution in [0.1, 0.15) is 5.69 Å². The minimum Gasteiger partial charge on any atom is -0.250 e. The SMILES string of the molecule is FCCn1cc(CCCl)nn1. The van der Waals surface area contributed by atoms with Gasteiger partial charge in [0.1, 0.15) is 6.67 Å². The first-order chi connectivity index (χ1) is 5.36. The van der Waals surface area contributed by atoms with Gasteiger partial charge in [0.05, 0.1) is 12.2 Å². The van der Waals surface area contributed by atoms with E-state index in [1.54, 1.807) is 6.20 Å². The van der Waals surface area contributed by atoms with Crippen molar-refractivity contribution in [1.82, 2.24) is 15.0 Å². The molecule has 1 aromatic rings. The zero-order chi connectivity index (χ0) is 8.10. The number of alkyl halides is 2. The van der Waals surface area contributed by atoms with Crippen molar-refractivity contribution in [1.29, 1.82) is 0 Å². The lowest BCUT2D eigenvalue weighted by Crippen LogP contribution is -1.99. The number of halogens is 2. The Bertz CT molecular complexity index is 193. The van der Waals surface area contributed by atoms with Crippen molar-refractivity contribution in [3.63, 3.8) is 0 Å². The van der Waals surface area contributed by atoms with Gasteiger partial charge in [-0.05, 0) is 0 Å². The summed E-state index contributed by atoms with van der Waals surface area (Å²) in [4.78, 5) is 0. The fourth-order valence-electron chi connectivity index (χ4n) is 0.746. The quantitative estimate of drug-likeness (QED) is 0.644. The van der Waals surface area contributed by atoms with E-state index in [1.165, 1.54) is 4.68 Å². The first-order valence-corrected chi connectivity index (χ1v) is 3.91. The zero-order valence-electron chi connectivity index (χ0n) is 6.00. The van der Waals surface area contributed by atoms with E-state index in [4.69, 9.17) is 11.6 Å². The molecule has 0 aliphatic carbocycles. The number of hydrogen-bond acceptors (Lipinski definition) is 2. The molecule has 1 aromatic heterocycles. The molecule has 1 heterocycles. The van der Waals surface area contributed by atoms with Crippen molar-refractivity contribution >= 4 is 11.6 Å². The maximum atomic E-state index is 11.8. The zero-order valence-corrected chi connectivity index (χ0v) is 6.76. The second-order valence-electron chi connectivity index (χ2n) is 2.10. The molecule has 0 aliphatic rings. The Kier molecular flexibility index (Phi) is 3.29. The lowest BCUT2D eigenvalue weighted by molar-refractivity contribution is 0.422. The van der Waals surface area contributed by atoms with Gasteiger partial charge in [0.2, 0.25) is 0 Å². The molecule has 11 heavy (non-hydrogen) atoms. The first kappa shape index (κ1) is 8.46. The molecule has 0 aliphatic heterocycles. The van der Waals surface area contributed by atoms with Crippen LogP contribution in [0.15, 0.2) is 6.20 Å². The molecule has 1 rings (SSSR count). The van der Waals surface area contributed by atoms with Gasteiger partial charge in [-0.25, -0.2) is 9.07 Å². The van der Waals surface area contributed by atoms with Crippen molar-refractivity contribution in [2.75, 3.05) is 12.6 Å². The molecule has 0 saturated carbocycles. The van der Waals surface area contributed by atoms with E-state index < -0.39 is 6.67 Å². The van der Waals surface area contributed by atoms with Crippen molar-refractivity contribution < 1.29 is 4.39 Å². The topological polar surface area (TPSA) is 30.7 Å². The van der Waals surface area contributed by atoms with E-state index in [9.17, 15) is 4.39 Å². The largest absolute Gasteiger partial charge is 0.250 e. The fourth-order valence-corrected chi connectivity index (χ4v) is 0.939. The monoisotopic (exact) mass is 177 g/mol. The number of nitrogens with zero attached hydrogens (tertiary/aromatic N) is 3. The van der Waals surface area contributed by atoms with Crippen molar-refractivity contribution in [3.05, 3.63) is 11.9 Å². The molecule has 3 nitrogen and oxygen atoms in total. The molecule has 0 fully saturated rings. The highest BCUT2D eigenvalue weighted by atomic mass is 35.5. The van der Waals surface area contributed by atoms with E-state index in [-0.39, 0.29) is 6.54 Å². The molecule has 0 radical (unpaired) electrons. The van der Waals surface area contributed by atoms with Gasteiger partial charge in [-0.2, -0.15) is 0 Å². The highest BCUT2D eigenvalue weighted by Gasteiger charge is 1.98. The number of hydrogen-bond donors (Lipinski definition) is 0. The van der Waals surface area contributed by atoms with Crippen LogP contribution in [0.3, 0.4) is 0 Å². The van der Waals surface area contributed by atoms with Crippen molar-refractivity contribution in [2.24, 2.45) is 0 Å². The van der Waals surface area contributed by atoms with Crippen molar-refractivity contribution in [3.8, 4) is 0 Å². The number of rotatable bonds is 4. The molecule has 0 unspecified atom stereocenters. The Labute approximate surface area is 69.2 Å². The Morgan fingerprint density at radius 1 is 1.64 bits per heavy atom. The van der Waals surface area contributed by atoms with Gasteiger partial charge < -0.3 is 0 Å². The summed E-state index contributed by atoms with van der Waals surface area (Å²) in [6.07, 6.45) is 2.40. The molecular weight excluding hydrogens is 169 g/mol. The molecule has 0 atom stereocenters.